The van der Waals surface area contributed by atoms with Gasteiger partial charge in [0.1, 0.15) is 5.75 Å². The van der Waals surface area contributed by atoms with Gasteiger partial charge in [0, 0.05) is 18.1 Å². The summed E-state index contributed by atoms with van der Waals surface area (Å²) in [6.45, 7) is 0.697. The lowest BCUT2D eigenvalue weighted by atomic mass is 10.4. The van der Waals surface area contributed by atoms with Gasteiger partial charge in [-0.3, -0.25) is 4.98 Å². The summed E-state index contributed by atoms with van der Waals surface area (Å²) in [7, 11) is 0. The second kappa shape index (κ2) is 5.00. The molecule has 0 fully saturated rings. The number of pyridine rings is 1. The highest BCUT2D eigenvalue weighted by Gasteiger charge is 1.94. The molecule has 12 heavy (non-hydrogen) atoms. The fourth-order valence-electron chi connectivity index (χ4n) is 0.762. The standard InChI is InChI=1S/C8H12N2OS/c9-3-4-12-6-7-1-2-8(11)5-10-7/h1-2,5,11H,3-4,6,9H2. The molecule has 0 aromatic carbocycles. The zero-order valence-corrected chi connectivity index (χ0v) is 7.55. The SMILES string of the molecule is NCCSCc1ccc(O)cn1. The van der Waals surface area contributed by atoms with Gasteiger partial charge in [-0.1, -0.05) is 0 Å². The highest BCUT2D eigenvalue weighted by Crippen LogP contribution is 2.11. The van der Waals surface area contributed by atoms with E-state index in [2.05, 4.69) is 4.98 Å². The van der Waals surface area contributed by atoms with Crippen molar-refractivity contribution in [1.82, 2.24) is 4.98 Å². The number of nitrogens with zero attached hydrogens (tertiary/aromatic N) is 1. The van der Waals surface area contributed by atoms with Crippen LogP contribution in [0.15, 0.2) is 18.3 Å². The molecule has 0 aliphatic carbocycles. The molecule has 1 heterocycles. The molecule has 1 rings (SSSR count). The number of rotatable bonds is 4. The molecule has 0 aliphatic rings. The van der Waals surface area contributed by atoms with Crippen LogP contribution >= 0.6 is 11.8 Å². The quantitative estimate of drug-likeness (QED) is 0.685. The van der Waals surface area contributed by atoms with Crippen molar-refractivity contribution < 1.29 is 5.11 Å². The third-order valence-corrected chi connectivity index (χ3v) is 2.35. The van der Waals surface area contributed by atoms with Gasteiger partial charge in [-0.05, 0) is 12.1 Å². The van der Waals surface area contributed by atoms with Crippen LogP contribution < -0.4 is 5.73 Å². The Bertz CT molecular complexity index is 225. The first-order valence-corrected chi connectivity index (χ1v) is 4.90. The minimum Gasteiger partial charge on any atom is -0.506 e. The van der Waals surface area contributed by atoms with Crippen LogP contribution in [0.2, 0.25) is 0 Å². The Kier molecular flexibility index (Phi) is 3.90. The summed E-state index contributed by atoms with van der Waals surface area (Å²) >= 11 is 1.74. The van der Waals surface area contributed by atoms with E-state index in [0.29, 0.717) is 6.54 Å². The molecule has 0 aliphatic heterocycles. The van der Waals surface area contributed by atoms with Crippen molar-refractivity contribution in [3.8, 4) is 5.75 Å². The molecule has 0 amide bonds. The summed E-state index contributed by atoms with van der Waals surface area (Å²) in [5.41, 5.74) is 6.31. The van der Waals surface area contributed by atoms with Crippen LogP contribution in [0.4, 0.5) is 0 Å². The highest BCUT2D eigenvalue weighted by molar-refractivity contribution is 7.98. The van der Waals surface area contributed by atoms with E-state index in [4.69, 9.17) is 10.8 Å². The first-order chi connectivity index (χ1) is 5.83. The van der Waals surface area contributed by atoms with Crippen molar-refractivity contribution in [1.29, 1.82) is 0 Å². The molecule has 0 spiro atoms. The number of hydrogen-bond donors (Lipinski definition) is 2. The fraction of sp³-hybridized carbons (Fsp3) is 0.375. The van der Waals surface area contributed by atoms with Crippen LogP contribution in [-0.2, 0) is 5.75 Å². The van der Waals surface area contributed by atoms with Gasteiger partial charge in [0.15, 0.2) is 0 Å². The van der Waals surface area contributed by atoms with Crippen LogP contribution in [0.3, 0.4) is 0 Å². The number of aromatic nitrogens is 1. The van der Waals surface area contributed by atoms with E-state index in [1.165, 1.54) is 6.20 Å². The van der Waals surface area contributed by atoms with Gasteiger partial charge in [0.2, 0.25) is 0 Å². The molecule has 4 heteroatoms. The highest BCUT2D eigenvalue weighted by atomic mass is 32.2. The Hall–Kier alpha value is -0.740. The summed E-state index contributed by atoms with van der Waals surface area (Å²) in [5.74, 6) is 2.02. The molecule has 3 nitrogen and oxygen atoms in total. The smallest absolute Gasteiger partial charge is 0.133 e. The normalized spacial score (nSPS) is 10.1. The topological polar surface area (TPSA) is 59.1 Å². The van der Waals surface area contributed by atoms with Crippen molar-refractivity contribution in [3.63, 3.8) is 0 Å². The van der Waals surface area contributed by atoms with E-state index >= 15 is 0 Å². The van der Waals surface area contributed by atoms with Gasteiger partial charge in [-0.2, -0.15) is 11.8 Å². The molecular weight excluding hydrogens is 172 g/mol. The van der Waals surface area contributed by atoms with Gasteiger partial charge < -0.3 is 10.8 Å². The van der Waals surface area contributed by atoms with Crippen LogP contribution in [0, 0.1) is 0 Å². The Balaban J connectivity index is 2.37. The Morgan fingerprint density at radius 2 is 2.33 bits per heavy atom. The van der Waals surface area contributed by atoms with Gasteiger partial charge >= 0.3 is 0 Å². The first-order valence-electron chi connectivity index (χ1n) is 3.74. The number of thioether (sulfide) groups is 1. The Labute approximate surface area is 76.0 Å². The van der Waals surface area contributed by atoms with Crippen molar-refractivity contribution in [3.05, 3.63) is 24.0 Å². The van der Waals surface area contributed by atoms with Gasteiger partial charge in [0.25, 0.3) is 0 Å². The van der Waals surface area contributed by atoms with Gasteiger partial charge in [-0.25, -0.2) is 0 Å². The van der Waals surface area contributed by atoms with Crippen molar-refractivity contribution in [2.24, 2.45) is 5.73 Å². The van der Waals surface area contributed by atoms with E-state index in [9.17, 15) is 0 Å². The maximum Gasteiger partial charge on any atom is 0.133 e. The van der Waals surface area contributed by atoms with Gasteiger partial charge in [-0.15, -0.1) is 0 Å². The second-order valence-corrected chi connectivity index (χ2v) is 3.45. The lowest BCUT2D eigenvalue weighted by Gasteiger charge is -1.98. The summed E-state index contributed by atoms with van der Waals surface area (Å²) in [5, 5.41) is 8.94. The minimum absolute atomic E-state index is 0.211. The zero-order valence-electron chi connectivity index (χ0n) is 6.73. The summed E-state index contributed by atoms with van der Waals surface area (Å²) < 4.78 is 0. The molecule has 0 unspecified atom stereocenters. The zero-order chi connectivity index (χ0) is 8.81. The predicted octanol–water partition coefficient (Wildman–Crippen LogP) is 0.979. The maximum atomic E-state index is 8.94. The monoisotopic (exact) mass is 184 g/mol. The average Bonchev–Trinajstić information content (AvgIpc) is 2.09. The lowest BCUT2D eigenvalue weighted by Crippen LogP contribution is -2.01. The van der Waals surface area contributed by atoms with E-state index < -0.39 is 0 Å². The molecule has 0 bridgehead atoms. The Morgan fingerprint density at radius 1 is 1.50 bits per heavy atom. The largest absolute Gasteiger partial charge is 0.506 e. The molecule has 0 atom stereocenters. The van der Waals surface area contributed by atoms with E-state index in [-0.39, 0.29) is 5.75 Å². The molecule has 1 aromatic heterocycles. The van der Waals surface area contributed by atoms with Crippen LogP contribution in [-0.4, -0.2) is 22.4 Å². The summed E-state index contributed by atoms with van der Waals surface area (Å²) in [4.78, 5) is 4.04. The third-order valence-electron chi connectivity index (χ3n) is 1.32. The third kappa shape index (κ3) is 3.11. The van der Waals surface area contributed by atoms with E-state index in [1.54, 1.807) is 17.8 Å². The molecule has 0 radical (unpaired) electrons. The predicted molar refractivity (Wildman–Crippen MR) is 51.1 cm³/mol. The molecular formula is C8H12N2OS. The van der Waals surface area contributed by atoms with E-state index in [0.717, 1.165) is 17.2 Å². The molecule has 0 saturated heterocycles. The number of hydrogen-bond acceptors (Lipinski definition) is 4. The van der Waals surface area contributed by atoms with Crippen molar-refractivity contribution in [2.75, 3.05) is 12.3 Å². The second-order valence-electron chi connectivity index (χ2n) is 2.35. The Morgan fingerprint density at radius 3 is 2.92 bits per heavy atom. The summed E-state index contributed by atoms with van der Waals surface area (Å²) in [6.07, 6.45) is 1.46. The van der Waals surface area contributed by atoms with Crippen molar-refractivity contribution >= 4 is 11.8 Å². The minimum atomic E-state index is 0.211. The summed E-state index contributed by atoms with van der Waals surface area (Å²) in [6, 6.07) is 3.46. The van der Waals surface area contributed by atoms with Crippen molar-refractivity contribution in [2.45, 2.75) is 5.75 Å². The van der Waals surface area contributed by atoms with Crippen LogP contribution in [0.25, 0.3) is 0 Å². The molecule has 66 valence electrons. The van der Waals surface area contributed by atoms with E-state index in [1.807, 2.05) is 6.07 Å². The maximum absolute atomic E-state index is 8.94. The first kappa shape index (κ1) is 9.35. The molecule has 1 aromatic rings. The molecule has 3 N–H and O–H groups in total. The van der Waals surface area contributed by atoms with Crippen LogP contribution in [0.5, 0.6) is 5.75 Å². The molecule has 0 saturated carbocycles. The van der Waals surface area contributed by atoms with Crippen LogP contribution in [0.1, 0.15) is 5.69 Å². The van der Waals surface area contributed by atoms with Gasteiger partial charge in [0.05, 0.1) is 11.9 Å². The lowest BCUT2D eigenvalue weighted by molar-refractivity contribution is 0.472. The fourth-order valence-corrected chi connectivity index (χ4v) is 1.45. The number of nitrogens with two attached hydrogens (primary N) is 1. The average molecular weight is 184 g/mol. The number of aromatic hydroxyl groups is 1.